The summed E-state index contributed by atoms with van der Waals surface area (Å²) < 4.78 is 13.6. The smallest absolute Gasteiger partial charge is 0.225 e. The van der Waals surface area contributed by atoms with Gasteiger partial charge in [-0.05, 0) is 25.7 Å². The summed E-state index contributed by atoms with van der Waals surface area (Å²) in [6.45, 7) is 2.29. The lowest BCUT2D eigenvalue weighted by Crippen LogP contribution is -2.43. The van der Waals surface area contributed by atoms with Gasteiger partial charge >= 0.3 is 0 Å². The summed E-state index contributed by atoms with van der Waals surface area (Å²) in [5.41, 5.74) is 0. The van der Waals surface area contributed by atoms with Gasteiger partial charge in [0.2, 0.25) is 5.95 Å². The highest BCUT2D eigenvalue weighted by Crippen LogP contribution is 2.26. The van der Waals surface area contributed by atoms with Crippen LogP contribution in [0.1, 0.15) is 38.5 Å². The lowest BCUT2D eigenvalue weighted by Gasteiger charge is -2.36. The molecule has 1 aromatic heterocycles. The van der Waals surface area contributed by atoms with Gasteiger partial charge in [-0.15, -0.1) is 0 Å². The molecule has 22 heavy (non-hydrogen) atoms. The molecule has 1 saturated heterocycles. The molecule has 1 N–H and O–H groups in total. The van der Waals surface area contributed by atoms with E-state index in [2.05, 4.69) is 20.2 Å². The maximum atomic E-state index is 13.6. The summed E-state index contributed by atoms with van der Waals surface area (Å²) in [6, 6.07) is 1.20. The average molecular weight is 307 g/mol. The number of likely N-dealkylation sites (tertiary alicyclic amines) is 1. The Labute approximate surface area is 131 Å². The first-order valence-corrected chi connectivity index (χ1v) is 8.34. The van der Waals surface area contributed by atoms with Crippen molar-refractivity contribution in [1.82, 2.24) is 14.9 Å². The molecule has 1 saturated carbocycles. The quantitative estimate of drug-likeness (QED) is 0.926. The van der Waals surface area contributed by atoms with Crippen molar-refractivity contribution >= 4 is 11.8 Å². The molecule has 0 bridgehead atoms. The van der Waals surface area contributed by atoms with Gasteiger partial charge in [0.05, 0.1) is 6.20 Å². The summed E-state index contributed by atoms with van der Waals surface area (Å²) in [5, 5.41) is 3.37. The minimum absolute atomic E-state index is 0.334. The molecule has 0 unspecified atom stereocenters. The van der Waals surface area contributed by atoms with Gasteiger partial charge < -0.3 is 15.1 Å². The van der Waals surface area contributed by atoms with E-state index in [0.29, 0.717) is 17.8 Å². The molecular weight excluding hydrogens is 281 g/mol. The molecule has 1 aliphatic heterocycles. The third-order valence-electron chi connectivity index (χ3n) is 4.85. The molecule has 0 radical (unpaired) electrons. The van der Waals surface area contributed by atoms with E-state index in [4.69, 9.17) is 0 Å². The molecule has 0 aromatic carbocycles. The first-order valence-electron chi connectivity index (χ1n) is 8.34. The van der Waals surface area contributed by atoms with Gasteiger partial charge in [0.15, 0.2) is 11.6 Å². The van der Waals surface area contributed by atoms with Crippen LogP contribution in [-0.4, -0.2) is 54.1 Å². The van der Waals surface area contributed by atoms with Crippen molar-refractivity contribution in [1.29, 1.82) is 0 Å². The fraction of sp³-hybridized carbons (Fsp3) is 0.750. The summed E-state index contributed by atoms with van der Waals surface area (Å²) in [6.07, 6.45) is 8.97. The topological polar surface area (TPSA) is 44.3 Å². The molecule has 1 aromatic rings. The van der Waals surface area contributed by atoms with Crippen LogP contribution in [0.5, 0.6) is 0 Å². The van der Waals surface area contributed by atoms with E-state index in [1.807, 2.05) is 0 Å². The van der Waals surface area contributed by atoms with Crippen molar-refractivity contribution in [3.05, 3.63) is 12.0 Å². The zero-order chi connectivity index (χ0) is 15.5. The maximum absolute atomic E-state index is 13.6. The van der Waals surface area contributed by atoms with Gasteiger partial charge in [0.25, 0.3) is 0 Å². The number of rotatable bonds is 4. The van der Waals surface area contributed by atoms with Gasteiger partial charge in [-0.25, -0.2) is 9.37 Å². The fourth-order valence-corrected chi connectivity index (χ4v) is 3.60. The number of nitrogens with one attached hydrogen (secondary N) is 1. The Balaban J connectivity index is 1.55. The zero-order valence-electron chi connectivity index (χ0n) is 13.6. The molecule has 2 heterocycles. The molecule has 1 aliphatic carbocycles. The van der Waals surface area contributed by atoms with E-state index in [9.17, 15) is 4.39 Å². The van der Waals surface area contributed by atoms with Crippen LogP contribution in [0.4, 0.5) is 16.2 Å². The lowest BCUT2D eigenvalue weighted by atomic mass is 10.0. The van der Waals surface area contributed by atoms with Crippen molar-refractivity contribution < 1.29 is 4.39 Å². The number of hydrogen-bond acceptors (Lipinski definition) is 5. The van der Waals surface area contributed by atoms with E-state index in [-0.39, 0.29) is 5.82 Å². The van der Waals surface area contributed by atoms with Crippen LogP contribution in [0.15, 0.2) is 6.20 Å². The van der Waals surface area contributed by atoms with Crippen LogP contribution in [-0.2, 0) is 0 Å². The van der Waals surface area contributed by atoms with Gasteiger partial charge in [0, 0.05) is 39.3 Å². The monoisotopic (exact) mass is 307 g/mol. The van der Waals surface area contributed by atoms with Gasteiger partial charge in [-0.2, -0.15) is 4.98 Å². The standard InChI is InChI=1S/C16H26FN5/c1-21(2)15-14(17)11-18-16(20-15)19-12-7-9-22(10-8-12)13-5-3-4-6-13/h11-13H,3-10H2,1-2H3,(H,18,19,20). The molecule has 0 atom stereocenters. The second kappa shape index (κ2) is 6.77. The summed E-state index contributed by atoms with van der Waals surface area (Å²) in [5.74, 6) is 0.483. The fourth-order valence-electron chi connectivity index (χ4n) is 3.60. The number of piperidine rings is 1. The highest BCUT2D eigenvalue weighted by atomic mass is 19.1. The summed E-state index contributed by atoms with van der Waals surface area (Å²) >= 11 is 0. The lowest BCUT2D eigenvalue weighted by molar-refractivity contribution is 0.159. The third-order valence-corrected chi connectivity index (χ3v) is 4.85. The second-order valence-electron chi connectivity index (χ2n) is 6.65. The summed E-state index contributed by atoms with van der Waals surface area (Å²) in [7, 11) is 3.57. The van der Waals surface area contributed by atoms with Crippen LogP contribution in [0, 0.1) is 5.82 Å². The van der Waals surface area contributed by atoms with E-state index in [0.717, 1.165) is 32.0 Å². The number of aromatic nitrogens is 2. The Morgan fingerprint density at radius 1 is 1.18 bits per heavy atom. The Kier molecular flexibility index (Phi) is 4.76. The zero-order valence-corrected chi connectivity index (χ0v) is 13.6. The molecule has 3 rings (SSSR count). The first-order chi connectivity index (χ1) is 10.6. The Morgan fingerprint density at radius 3 is 2.50 bits per heavy atom. The van der Waals surface area contributed by atoms with Gasteiger partial charge in [-0.3, -0.25) is 0 Å². The first kappa shape index (κ1) is 15.5. The van der Waals surface area contributed by atoms with Crippen molar-refractivity contribution in [2.45, 2.75) is 50.6 Å². The number of anilines is 2. The van der Waals surface area contributed by atoms with Crippen molar-refractivity contribution in [3.63, 3.8) is 0 Å². The van der Waals surface area contributed by atoms with E-state index < -0.39 is 0 Å². The van der Waals surface area contributed by atoms with E-state index in [1.165, 1.54) is 31.9 Å². The average Bonchev–Trinajstić information content (AvgIpc) is 3.04. The third kappa shape index (κ3) is 3.48. The number of hydrogen-bond donors (Lipinski definition) is 1. The SMILES string of the molecule is CN(C)c1nc(NC2CCN(C3CCCC3)CC2)ncc1F. The molecule has 0 spiro atoms. The minimum Gasteiger partial charge on any atom is -0.360 e. The minimum atomic E-state index is -0.383. The Bertz CT molecular complexity index is 493. The largest absolute Gasteiger partial charge is 0.360 e. The predicted octanol–water partition coefficient (Wildman–Crippen LogP) is 2.50. The molecule has 2 aliphatic rings. The van der Waals surface area contributed by atoms with Crippen molar-refractivity contribution in [2.24, 2.45) is 0 Å². The van der Waals surface area contributed by atoms with Crippen LogP contribution in [0.25, 0.3) is 0 Å². The van der Waals surface area contributed by atoms with Crippen molar-refractivity contribution in [2.75, 3.05) is 37.4 Å². The Morgan fingerprint density at radius 2 is 1.86 bits per heavy atom. The van der Waals surface area contributed by atoms with E-state index in [1.54, 1.807) is 19.0 Å². The Hall–Kier alpha value is -1.43. The normalized spacial score (nSPS) is 21.2. The number of nitrogens with zero attached hydrogens (tertiary/aromatic N) is 4. The number of halogens is 1. The molecule has 0 amide bonds. The van der Waals surface area contributed by atoms with Gasteiger partial charge in [-0.1, -0.05) is 12.8 Å². The highest BCUT2D eigenvalue weighted by Gasteiger charge is 2.27. The molecule has 5 nitrogen and oxygen atoms in total. The van der Waals surface area contributed by atoms with Crippen LogP contribution < -0.4 is 10.2 Å². The molecular formula is C16H26FN5. The maximum Gasteiger partial charge on any atom is 0.225 e. The molecule has 2 fully saturated rings. The van der Waals surface area contributed by atoms with Gasteiger partial charge in [0.1, 0.15) is 0 Å². The molecule has 122 valence electrons. The summed E-state index contributed by atoms with van der Waals surface area (Å²) in [4.78, 5) is 12.7. The van der Waals surface area contributed by atoms with Crippen LogP contribution in [0.2, 0.25) is 0 Å². The highest BCUT2D eigenvalue weighted by molar-refractivity contribution is 5.42. The van der Waals surface area contributed by atoms with E-state index >= 15 is 0 Å². The predicted molar refractivity (Wildman–Crippen MR) is 86.8 cm³/mol. The van der Waals surface area contributed by atoms with Crippen LogP contribution >= 0.6 is 0 Å². The second-order valence-corrected chi connectivity index (χ2v) is 6.65. The molecule has 6 heteroatoms. The van der Waals surface area contributed by atoms with Crippen LogP contribution in [0.3, 0.4) is 0 Å². The van der Waals surface area contributed by atoms with Crippen molar-refractivity contribution in [3.8, 4) is 0 Å².